The molecule has 3 N–H and O–H groups in total. The first-order chi connectivity index (χ1) is 8.65. The summed E-state index contributed by atoms with van der Waals surface area (Å²) in [5.74, 6) is 1.62. The highest BCUT2D eigenvalue weighted by Crippen LogP contribution is 2.25. The van der Waals surface area contributed by atoms with Crippen molar-refractivity contribution in [1.82, 2.24) is 5.32 Å². The van der Waals surface area contributed by atoms with Gasteiger partial charge in [0.1, 0.15) is 5.76 Å². The number of nitrogens with two attached hydrogens (primary N) is 1. The molecule has 0 radical (unpaired) electrons. The SMILES string of the molecule is CCc1oc(C(=O)NC2CCCC2CN)cc1C.Cl. The molecular formula is C14H23ClN2O2. The van der Waals surface area contributed by atoms with E-state index in [4.69, 9.17) is 10.2 Å². The van der Waals surface area contributed by atoms with Crippen molar-refractivity contribution in [2.75, 3.05) is 6.54 Å². The summed E-state index contributed by atoms with van der Waals surface area (Å²) in [5, 5.41) is 3.05. The Morgan fingerprint density at radius 3 is 2.84 bits per heavy atom. The van der Waals surface area contributed by atoms with E-state index in [9.17, 15) is 4.79 Å². The molecule has 1 aromatic rings. The average molecular weight is 287 g/mol. The van der Waals surface area contributed by atoms with Crippen molar-refractivity contribution in [1.29, 1.82) is 0 Å². The molecule has 4 nitrogen and oxygen atoms in total. The number of hydrogen-bond donors (Lipinski definition) is 2. The molecule has 2 rings (SSSR count). The summed E-state index contributed by atoms with van der Waals surface area (Å²) in [6.45, 7) is 4.63. The smallest absolute Gasteiger partial charge is 0.287 e. The molecule has 0 saturated heterocycles. The molecule has 1 amide bonds. The van der Waals surface area contributed by atoms with Crippen molar-refractivity contribution in [3.63, 3.8) is 0 Å². The van der Waals surface area contributed by atoms with Gasteiger partial charge in [-0.25, -0.2) is 0 Å². The van der Waals surface area contributed by atoms with Crippen LogP contribution in [0.5, 0.6) is 0 Å². The highest BCUT2D eigenvalue weighted by atomic mass is 35.5. The average Bonchev–Trinajstić information content (AvgIpc) is 2.95. The summed E-state index contributed by atoms with van der Waals surface area (Å²) < 4.78 is 5.56. The number of aryl methyl sites for hydroxylation is 2. The number of rotatable bonds is 4. The summed E-state index contributed by atoms with van der Waals surface area (Å²) in [4.78, 5) is 12.1. The van der Waals surface area contributed by atoms with Gasteiger partial charge in [0.15, 0.2) is 5.76 Å². The third-order valence-corrected chi connectivity index (χ3v) is 3.84. The van der Waals surface area contributed by atoms with Crippen molar-refractivity contribution in [3.8, 4) is 0 Å². The Bertz CT molecular complexity index is 431. The zero-order chi connectivity index (χ0) is 13.1. The van der Waals surface area contributed by atoms with Crippen LogP contribution in [-0.2, 0) is 6.42 Å². The number of furan rings is 1. The minimum Gasteiger partial charge on any atom is -0.456 e. The Labute approximate surface area is 120 Å². The first kappa shape index (κ1) is 16.1. The molecule has 0 bridgehead atoms. The molecule has 1 aromatic heterocycles. The molecule has 1 aliphatic carbocycles. The van der Waals surface area contributed by atoms with Gasteiger partial charge in [0.05, 0.1) is 0 Å². The lowest BCUT2D eigenvalue weighted by molar-refractivity contribution is 0.0899. The van der Waals surface area contributed by atoms with Crippen molar-refractivity contribution in [2.24, 2.45) is 11.7 Å². The van der Waals surface area contributed by atoms with Gasteiger partial charge in [0, 0.05) is 12.5 Å². The Kier molecular flexibility index (Phi) is 5.88. The van der Waals surface area contributed by atoms with Gasteiger partial charge in [-0.3, -0.25) is 4.79 Å². The van der Waals surface area contributed by atoms with Gasteiger partial charge in [-0.15, -0.1) is 12.4 Å². The normalized spacial score (nSPS) is 22.1. The molecule has 5 heteroatoms. The molecule has 1 heterocycles. The van der Waals surface area contributed by atoms with Gasteiger partial charge in [0.25, 0.3) is 5.91 Å². The number of halogens is 1. The van der Waals surface area contributed by atoms with Crippen molar-refractivity contribution >= 4 is 18.3 Å². The molecule has 108 valence electrons. The second-order valence-corrected chi connectivity index (χ2v) is 5.08. The van der Waals surface area contributed by atoms with Gasteiger partial charge in [0.2, 0.25) is 0 Å². The topological polar surface area (TPSA) is 68.3 Å². The van der Waals surface area contributed by atoms with E-state index >= 15 is 0 Å². The van der Waals surface area contributed by atoms with E-state index in [-0.39, 0.29) is 24.4 Å². The number of carbonyl (C=O) groups is 1. The van der Waals surface area contributed by atoms with E-state index in [1.165, 1.54) is 0 Å². The first-order valence-electron chi connectivity index (χ1n) is 6.76. The maximum atomic E-state index is 12.1. The minimum atomic E-state index is -0.108. The van der Waals surface area contributed by atoms with E-state index in [1.54, 1.807) is 0 Å². The molecule has 0 aromatic carbocycles. The number of carbonyl (C=O) groups excluding carboxylic acids is 1. The van der Waals surface area contributed by atoms with Crippen LogP contribution in [0.25, 0.3) is 0 Å². The summed E-state index contributed by atoms with van der Waals surface area (Å²) in [6, 6.07) is 2.03. The minimum absolute atomic E-state index is 0. The second kappa shape index (κ2) is 6.96. The standard InChI is InChI=1S/C14H22N2O2.ClH/c1-3-12-9(2)7-13(18-12)14(17)16-11-6-4-5-10(11)8-15;/h7,10-11H,3-6,8,15H2,1-2H3,(H,16,17);1H. The maximum Gasteiger partial charge on any atom is 0.287 e. The van der Waals surface area contributed by atoms with Gasteiger partial charge < -0.3 is 15.5 Å². The summed E-state index contributed by atoms with van der Waals surface area (Å²) in [6.07, 6.45) is 4.09. The van der Waals surface area contributed by atoms with Crippen molar-refractivity contribution in [3.05, 3.63) is 23.2 Å². The van der Waals surface area contributed by atoms with Crippen LogP contribution in [0, 0.1) is 12.8 Å². The van der Waals surface area contributed by atoms with Crippen molar-refractivity contribution in [2.45, 2.75) is 45.6 Å². The highest BCUT2D eigenvalue weighted by molar-refractivity contribution is 5.92. The monoisotopic (exact) mass is 286 g/mol. The molecule has 0 aliphatic heterocycles. The Morgan fingerprint density at radius 1 is 1.53 bits per heavy atom. The molecule has 2 atom stereocenters. The fourth-order valence-electron chi connectivity index (χ4n) is 2.73. The van der Waals surface area contributed by atoms with E-state index < -0.39 is 0 Å². The quantitative estimate of drug-likeness (QED) is 0.893. The van der Waals surface area contributed by atoms with Crippen molar-refractivity contribution < 1.29 is 9.21 Å². The van der Waals surface area contributed by atoms with Gasteiger partial charge in [-0.2, -0.15) is 0 Å². The molecule has 19 heavy (non-hydrogen) atoms. The van der Waals surface area contributed by atoms with E-state index in [1.807, 2.05) is 19.9 Å². The summed E-state index contributed by atoms with van der Waals surface area (Å²) in [5.41, 5.74) is 6.76. The van der Waals surface area contributed by atoms with Crippen LogP contribution >= 0.6 is 12.4 Å². The zero-order valence-electron chi connectivity index (χ0n) is 11.6. The lowest BCUT2D eigenvalue weighted by Gasteiger charge is -2.18. The molecule has 1 aliphatic rings. The lowest BCUT2D eigenvalue weighted by atomic mass is 10.0. The Hall–Kier alpha value is -1.00. The van der Waals surface area contributed by atoms with E-state index in [0.29, 0.717) is 18.2 Å². The summed E-state index contributed by atoms with van der Waals surface area (Å²) in [7, 11) is 0. The largest absolute Gasteiger partial charge is 0.456 e. The number of nitrogens with one attached hydrogen (secondary N) is 1. The van der Waals surface area contributed by atoms with Gasteiger partial charge in [-0.1, -0.05) is 13.3 Å². The predicted molar refractivity (Wildman–Crippen MR) is 77.7 cm³/mol. The van der Waals surface area contributed by atoms with E-state index in [0.717, 1.165) is 37.0 Å². The lowest BCUT2D eigenvalue weighted by Crippen LogP contribution is -2.39. The molecule has 1 saturated carbocycles. The Balaban J connectivity index is 0.00000180. The maximum absolute atomic E-state index is 12.1. The van der Waals surface area contributed by atoms with Crippen LogP contribution < -0.4 is 11.1 Å². The Morgan fingerprint density at radius 2 is 2.26 bits per heavy atom. The van der Waals surface area contributed by atoms with Crippen LogP contribution in [-0.4, -0.2) is 18.5 Å². The third-order valence-electron chi connectivity index (χ3n) is 3.84. The van der Waals surface area contributed by atoms with Crippen LogP contribution in [0.1, 0.15) is 48.1 Å². The number of hydrogen-bond acceptors (Lipinski definition) is 3. The summed E-state index contributed by atoms with van der Waals surface area (Å²) >= 11 is 0. The molecule has 0 spiro atoms. The fraction of sp³-hybridized carbons (Fsp3) is 0.643. The highest BCUT2D eigenvalue weighted by Gasteiger charge is 2.28. The predicted octanol–water partition coefficient (Wildman–Crippen LogP) is 2.43. The zero-order valence-corrected chi connectivity index (χ0v) is 12.4. The number of amides is 1. The molecule has 1 fully saturated rings. The molecule has 2 unspecified atom stereocenters. The van der Waals surface area contributed by atoms with Crippen LogP contribution in [0.2, 0.25) is 0 Å². The van der Waals surface area contributed by atoms with Crippen LogP contribution in [0.4, 0.5) is 0 Å². The van der Waals surface area contributed by atoms with Crippen LogP contribution in [0.15, 0.2) is 10.5 Å². The van der Waals surface area contributed by atoms with Gasteiger partial charge in [-0.05, 0) is 43.9 Å². The fourth-order valence-corrected chi connectivity index (χ4v) is 2.73. The van der Waals surface area contributed by atoms with Gasteiger partial charge >= 0.3 is 0 Å². The third kappa shape index (κ3) is 3.51. The second-order valence-electron chi connectivity index (χ2n) is 5.08. The molecular weight excluding hydrogens is 264 g/mol. The first-order valence-corrected chi connectivity index (χ1v) is 6.76. The van der Waals surface area contributed by atoms with Crippen LogP contribution in [0.3, 0.4) is 0 Å². The van der Waals surface area contributed by atoms with E-state index in [2.05, 4.69) is 5.32 Å².